The van der Waals surface area contributed by atoms with Crippen LogP contribution in [0.3, 0.4) is 0 Å². The van der Waals surface area contributed by atoms with Crippen LogP contribution in [0.4, 0.5) is 5.82 Å². The van der Waals surface area contributed by atoms with E-state index in [-0.39, 0.29) is 5.28 Å². The maximum atomic E-state index is 5.72. The maximum Gasteiger partial charge on any atom is 0.224 e. The van der Waals surface area contributed by atoms with E-state index in [0.29, 0.717) is 0 Å². The number of aromatic nitrogens is 2. The zero-order valence-corrected chi connectivity index (χ0v) is 9.47. The van der Waals surface area contributed by atoms with Crippen molar-refractivity contribution in [1.29, 1.82) is 0 Å². The Bertz CT molecular complexity index is 281. The molecular weight excluding hydrogens is 200 g/mol. The number of likely N-dealkylation sites (N-methyl/N-ethyl adjacent to an activating group) is 1. The van der Waals surface area contributed by atoms with Crippen LogP contribution in [0.5, 0.6) is 0 Å². The number of anilines is 1. The van der Waals surface area contributed by atoms with Crippen LogP contribution in [-0.4, -0.2) is 42.1 Å². The van der Waals surface area contributed by atoms with E-state index >= 15 is 0 Å². The molecule has 0 unspecified atom stereocenters. The number of aryl methyl sites for hydroxylation is 1. The van der Waals surface area contributed by atoms with E-state index in [4.69, 9.17) is 11.6 Å². The molecule has 0 aliphatic heterocycles. The third-order valence-electron chi connectivity index (χ3n) is 1.69. The SMILES string of the molecule is Cc1cc(NCCN(C)C)nc(Cl)n1. The highest BCUT2D eigenvalue weighted by atomic mass is 35.5. The summed E-state index contributed by atoms with van der Waals surface area (Å²) < 4.78 is 0. The highest BCUT2D eigenvalue weighted by Gasteiger charge is 1.98. The summed E-state index contributed by atoms with van der Waals surface area (Å²) in [5, 5.41) is 3.47. The van der Waals surface area contributed by atoms with E-state index in [1.807, 2.05) is 27.1 Å². The Kier molecular flexibility index (Phi) is 4.10. The van der Waals surface area contributed by atoms with Gasteiger partial charge in [-0.1, -0.05) is 0 Å². The Morgan fingerprint density at radius 1 is 1.43 bits per heavy atom. The molecule has 0 radical (unpaired) electrons. The molecule has 0 amide bonds. The van der Waals surface area contributed by atoms with Crippen molar-refractivity contribution in [1.82, 2.24) is 14.9 Å². The first-order valence-electron chi connectivity index (χ1n) is 4.47. The Hall–Kier alpha value is -0.870. The highest BCUT2D eigenvalue weighted by molar-refractivity contribution is 6.28. The van der Waals surface area contributed by atoms with Gasteiger partial charge in [0, 0.05) is 24.8 Å². The zero-order chi connectivity index (χ0) is 10.6. The van der Waals surface area contributed by atoms with Gasteiger partial charge in [0.15, 0.2) is 0 Å². The van der Waals surface area contributed by atoms with Crippen LogP contribution in [0.2, 0.25) is 5.28 Å². The van der Waals surface area contributed by atoms with Crippen LogP contribution in [0.25, 0.3) is 0 Å². The van der Waals surface area contributed by atoms with Crippen molar-refractivity contribution in [3.63, 3.8) is 0 Å². The molecule has 4 nitrogen and oxygen atoms in total. The minimum atomic E-state index is 0.289. The van der Waals surface area contributed by atoms with E-state index in [0.717, 1.165) is 24.6 Å². The van der Waals surface area contributed by atoms with Crippen LogP contribution in [0, 0.1) is 6.92 Å². The molecule has 0 fully saturated rings. The standard InChI is InChI=1S/C9H15ClN4/c1-7-6-8(13-9(10)12-7)11-4-5-14(2)3/h6H,4-5H2,1-3H3,(H,11,12,13). The number of hydrogen-bond acceptors (Lipinski definition) is 4. The van der Waals surface area contributed by atoms with Crippen LogP contribution < -0.4 is 5.32 Å². The molecule has 1 heterocycles. The maximum absolute atomic E-state index is 5.72. The number of rotatable bonds is 4. The molecule has 78 valence electrons. The molecule has 14 heavy (non-hydrogen) atoms. The molecular formula is C9H15ClN4. The normalized spacial score (nSPS) is 10.6. The second-order valence-corrected chi connectivity index (χ2v) is 3.73. The summed E-state index contributed by atoms with van der Waals surface area (Å²) >= 11 is 5.72. The predicted octanol–water partition coefficient (Wildman–Crippen LogP) is 1.41. The average molecular weight is 215 g/mol. The Labute approximate surface area is 89.3 Å². The summed E-state index contributed by atoms with van der Waals surface area (Å²) in [6, 6.07) is 1.88. The number of hydrogen-bond donors (Lipinski definition) is 1. The largest absolute Gasteiger partial charge is 0.369 e. The molecule has 0 spiro atoms. The van der Waals surface area contributed by atoms with Gasteiger partial charge in [-0.3, -0.25) is 0 Å². The van der Waals surface area contributed by atoms with Gasteiger partial charge in [0.25, 0.3) is 0 Å². The quantitative estimate of drug-likeness (QED) is 0.770. The summed E-state index contributed by atoms with van der Waals surface area (Å²) in [6.45, 7) is 3.70. The lowest BCUT2D eigenvalue weighted by molar-refractivity contribution is 0.425. The fraction of sp³-hybridized carbons (Fsp3) is 0.556. The summed E-state index contributed by atoms with van der Waals surface area (Å²) in [7, 11) is 4.06. The molecule has 0 bridgehead atoms. The Morgan fingerprint density at radius 2 is 2.14 bits per heavy atom. The molecule has 0 saturated heterocycles. The van der Waals surface area contributed by atoms with E-state index in [2.05, 4.69) is 20.2 Å². The first-order chi connectivity index (χ1) is 6.58. The summed E-state index contributed by atoms with van der Waals surface area (Å²) in [5.74, 6) is 0.782. The van der Waals surface area contributed by atoms with Gasteiger partial charge in [-0.25, -0.2) is 9.97 Å². The van der Waals surface area contributed by atoms with Crippen LogP contribution in [-0.2, 0) is 0 Å². The number of halogens is 1. The van der Waals surface area contributed by atoms with Crippen molar-refractivity contribution in [2.75, 3.05) is 32.5 Å². The molecule has 0 aliphatic rings. The van der Waals surface area contributed by atoms with Crippen molar-refractivity contribution in [2.45, 2.75) is 6.92 Å². The van der Waals surface area contributed by atoms with Gasteiger partial charge in [0.1, 0.15) is 5.82 Å². The van der Waals surface area contributed by atoms with Crippen molar-refractivity contribution < 1.29 is 0 Å². The fourth-order valence-corrected chi connectivity index (χ4v) is 1.25. The topological polar surface area (TPSA) is 41.0 Å². The van der Waals surface area contributed by atoms with Crippen LogP contribution in [0.15, 0.2) is 6.07 Å². The average Bonchev–Trinajstić information content (AvgIpc) is 2.01. The molecule has 1 aromatic heterocycles. The van der Waals surface area contributed by atoms with Gasteiger partial charge in [-0.15, -0.1) is 0 Å². The van der Waals surface area contributed by atoms with E-state index in [9.17, 15) is 0 Å². The molecule has 1 N–H and O–H groups in total. The van der Waals surface area contributed by atoms with Gasteiger partial charge in [0.2, 0.25) is 5.28 Å². The monoisotopic (exact) mass is 214 g/mol. The second-order valence-electron chi connectivity index (χ2n) is 3.39. The lowest BCUT2D eigenvalue weighted by Gasteiger charge is -2.10. The minimum absolute atomic E-state index is 0.289. The molecule has 1 aromatic rings. The van der Waals surface area contributed by atoms with Crippen LogP contribution >= 0.6 is 11.6 Å². The van der Waals surface area contributed by atoms with Crippen molar-refractivity contribution >= 4 is 17.4 Å². The Morgan fingerprint density at radius 3 is 2.71 bits per heavy atom. The third-order valence-corrected chi connectivity index (χ3v) is 1.86. The lowest BCUT2D eigenvalue weighted by atomic mass is 10.4. The molecule has 0 aliphatic carbocycles. The van der Waals surface area contributed by atoms with E-state index in [1.165, 1.54) is 0 Å². The number of nitrogens with zero attached hydrogens (tertiary/aromatic N) is 3. The van der Waals surface area contributed by atoms with Crippen molar-refractivity contribution in [2.24, 2.45) is 0 Å². The minimum Gasteiger partial charge on any atom is -0.369 e. The van der Waals surface area contributed by atoms with Crippen LogP contribution in [0.1, 0.15) is 5.69 Å². The summed E-state index contributed by atoms with van der Waals surface area (Å²) in [4.78, 5) is 10.1. The second kappa shape index (κ2) is 5.12. The van der Waals surface area contributed by atoms with Gasteiger partial charge in [-0.2, -0.15) is 0 Å². The predicted molar refractivity (Wildman–Crippen MR) is 58.8 cm³/mol. The van der Waals surface area contributed by atoms with Gasteiger partial charge in [-0.05, 0) is 32.6 Å². The zero-order valence-electron chi connectivity index (χ0n) is 8.71. The van der Waals surface area contributed by atoms with Crippen molar-refractivity contribution in [3.05, 3.63) is 17.0 Å². The molecule has 0 aromatic carbocycles. The third kappa shape index (κ3) is 3.89. The fourth-order valence-electron chi connectivity index (χ4n) is 1.03. The van der Waals surface area contributed by atoms with Gasteiger partial charge in [0.05, 0.1) is 0 Å². The molecule has 5 heteroatoms. The summed E-state index contributed by atoms with van der Waals surface area (Å²) in [6.07, 6.45) is 0. The molecule has 1 rings (SSSR count). The van der Waals surface area contributed by atoms with Gasteiger partial charge >= 0.3 is 0 Å². The number of nitrogens with one attached hydrogen (secondary N) is 1. The summed E-state index contributed by atoms with van der Waals surface area (Å²) in [5.41, 5.74) is 0.873. The van der Waals surface area contributed by atoms with Crippen molar-refractivity contribution in [3.8, 4) is 0 Å². The highest BCUT2D eigenvalue weighted by Crippen LogP contribution is 2.08. The molecule has 0 atom stereocenters. The lowest BCUT2D eigenvalue weighted by Crippen LogP contribution is -2.21. The van der Waals surface area contributed by atoms with E-state index in [1.54, 1.807) is 0 Å². The molecule has 0 saturated carbocycles. The Balaban J connectivity index is 2.50. The first kappa shape index (κ1) is 11.2. The first-order valence-corrected chi connectivity index (χ1v) is 4.85. The van der Waals surface area contributed by atoms with E-state index < -0.39 is 0 Å². The smallest absolute Gasteiger partial charge is 0.224 e. The van der Waals surface area contributed by atoms with Gasteiger partial charge < -0.3 is 10.2 Å².